The van der Waals surface area contributed by atoms with Crippen molar-refractivity contribution in [3.05, 3.63) is 134 Å². The molecular weight excluding hydrogens is 1180 g/mol. The zero-order valence-electron chi connectivity index (χ0n) is 58.7. The van der Waals surface area contributed by atoms with Crippen LogP contribution in [-0.4, -0.2) is 140 Å². The Labute approximate surface area is 570 Å². The number of amides is 1. The summed E-state index contributed by atoms with van der Waals surface area (Å²) in [6, 6.07) is -0.959. The minimum absolute atomic E-state index is 0.244. The second-order valence-electron chi connectivity index (χ2n) is 25.7. The molecule has 538 valence electrons. The van der Waals surface area contributed by atoms with Crippen molar-refractivity contribution in [3.8, 4) is 0 Å². The highest BCUT2D eigenvalue weighted by Crippen LogP contribution is 2.30. The first-order chi connectivity index (χ1) is 46.1. The van der Waals surface area contributed by atoms with E-state index in [2.05, 4.69) is 141 Å². The molecule has 94 heavy (non-hydrogen) atoms. The smallest absolute Gasteiger partial charge is 0.220 e. The van der Waals surface area contributed by atoms with Gasteiger partial charge in [-0.2, -0.15) is 0 Å². The molecule has 0 aliphatic carbocycles. The van der Waals surface area contributed by atoms with Gasteiger partial charge in [-0.05, 0) is 109 Å². The van der Waals surface area contributed by atoms with Crippen LogP contribution in [0.15, 0.2) is 134 Å². The van der Waals surface area contributed by atoms with Crippen LogP contribution in [0.2, 0.25) is 0 Å². The van der Waals surface area contributed by atoms with Gasteiger partial charge in [0.05, 0.1) is 32.0 Å². The van der Waals surface area contributed by atoms with Gasteiger partial charge in [0.25, 0.3) is 0 Å². The van der Waals surface area contributed by atoms with Crippen LogP contribution in [0.4, 0.5) is 0 Å². The second-order valence-corrected chi connectivity index (χ2v) is 25.7. The van der Waals surface area contributed by atoms with Gasteiger partial charge in [0, 0.05) is 6.42 Å². The molecule has 2 heterocycles. The van der Waals surface area contributed by atoms with Crippen LogP contribution in [0.5, 0.6) is 0 Å². The quantitative estimate of drug-likeness (QED) is 0.0204. The van der Waals surface area contributed by atoms with Crippen molar-refractivity contribution in [1.82, 2.24) is 5.32 Å². The van der Waals surface area contributed by atoms with E-state index in [9.17, 15) is 45.6 Å². The minimum atomic E-state index is -1.80. The minimum Gasteiger partial charge on any atom is -0.394 e. The fraction of sp³-hybridized carbons (Fsp3) is 0.713. The maximum Gasteiger partial charge on any atom is 0.220 e. The Morgan fingerprint density at radius 3 is 1.17 bits per heavy atom. The van der Waals surface area contributed by atoms with Crippen molar-refractivity contribution in [3.63, 3.8) is 0 Å². The first kappa shape index (κ1) is 86.2. The number of unbranched alkanes of at least 4 members (excludes halogenated alkanes) is 27. The summed E-state index contributed by atoms with van der Waals surface area (Å²) in [5.41, 5.74) is 0. The van der Waals surface area contributed by atoms with Crippen molar-refractivity contribution < 1.29 is 64.6 Å². The van der Waals surface area contributed by atoms with E-state index in [1.54, 1.807) is 6.08 Å². The van der Waals surface area contributed by atoms with Crippen LogP contribution >= 0.6 is 0 Å². The van der Waals surface area contributed by atoms with Gasteiger partial charge in [-0.1, -0.05) is 289 Å². The lowest BCUT2D eigenvalue weighted by atomic mass is 9.97. The number of rotatable bonds is 60. The van der Waals surface area contributed by atoms with Crippen LogP contribution in [0, 0.1) is 0 Å². The molecule has 12 unspecified atom stereocenters. The largest absolute Gasteiger partial charge is 0.394 e. The van der Waals surface area contributed by atoms with Crippen LogP contribution in [0.3, 0.4) is 0 Å². The van der Waals surface area contributed by atoms with Gasteiger partial charge >= 0.3 is 0 Å². The molecule has 0 radical (unpaired) electrons. The molecule has 0 aromatic heterocycles. The Balaban J connectivity index is 1.71. The van der Waals surface area contributed by atoms with Gasteiger partial charge in [-0.3, -0.25) is 4.79 Å². The standard InChI is InChI=1S/C80H135NO13/c1-3-5-7-9-11-13-15-17-19-21-23-25-27-29-31-33-34-36-38-40-42-44-46-48-50-52-54-56-58-60-62-64-72(85)81-68(67-91-79-77(90)75(88)78(71(66-83)93-79)94-80-76(89)74(87)73(86)70(65-82)92-80)69(84)63-61-59-57-55-53-51-49-47-45-43-41-39-37-35-32-30-28-26-24-22-20-18-16-14-12-10-8-6-4-2/h5,7,11,13,17,19,23,25,29,31,34,36,40,42,45-48,53,55,61,63,68-71,73-80,82-84,86-90H,3-4,6,8-10,12,14-16,18,20-22,24,26-28,30,32-33,35,37-39,41,43-44,49-52,54,56-60,62,64-67H2,1-2H3,(H,81,85)/b7-5-,13-11-,19-17-,25-23-,31-29-,36-34-,42-40-,47-45+,48-46-,55-53+,63-61+. The number of hydrogen-bond donors (Lipinski definition) is 9. The van der Waals surface area contributed by atoms with Crippen molar-refractivity contribution in [2.75, 3.05) is 19.8 Å². The Morgan fingerprint density at radius 1 is 0.394 bits per heavy atom. The summed E-state index contributed by atoms with van der Waals surface area (Å²) in [5.74, 6) is -0.272. The fourth-order valence-electron chi connectivity index (χ4n) is 11.4. The second kappa shape index (κ2) is 62.6. The molecule has 0 aromatic carbocycles. The number of hydrogen-bond acceptors (Lipinski definition) is 13. The van der Waals surface area contributed by atoms with Gasteiger partial charge in [0.15, 0.2) is 12.6 Å². The van der Waals surface area contributed by atoms with Crippen LogP contribution in [0.1, 0.15) is 271 Å². The number of carbonyl (C=O) groups excluding carboxylic acids is 1. The monoisotopic (exact) mass is 1320 g/mol. The Kier molecular flexibility index (Phi) is 57.4. The fourth-order valence-corrected chi connectivity index (χ4v) is 11.4. The average Bonchev–Trinajstić information content (AvgIpc) is 0.794. The van der Waals surface area contributed by atoms with Crippen LogP contribution < -0.4 is 5.32 Å². The summed E-state index contributed by atoms with van der Waals surface area (Å²) in [6.45, 7) is 2.66. The Bertz CT molecular complexity index is 2090. The highest BCUT2D eigenvalue weighted by atomic mass is 16.7. The van der Waals surface area contributed by atoms with E-state index in [1.165, 1.54) is 122 Å². The molecule has 2 aliphatic heterocycles. The normalized spacial score (nSPS) is 23.3. The van der Waals surface area contributed by atoms with Crippen molar-refractivity contribution in [2.24, 2.45) is 0 Å². The molecule has 2 rings (SSSR count). The Morgan fingerprint density at radius 2 is 0.745 bits per heavy atom. The van der Waals surface area contributed by atoms with E-state index in [4.69, 9.17) is 18.9 Å². The SMILES string of the molecule is CC/C=C\C/C=C\C/C=C\C/C=C\C/C=C\C/C=C\C/C=C\C/C=C\CCCCCCCCC(=O)NC(COC1OC(CO)C(OC2OC(CO)C(O)C(O)C2O)C(O)C1O)C(O)/C=C/CC/C=C/CC/C=C/CCCCCCCCCCCCCCCCCCCCC. The molecule has 2 aliphatic rings. The van der Waals surface area contributed by atoms with E-state index < -0.39 is 86.8 Å². The lowest BCUT2D eigenvalue weighted by molar-refractivity contribution is -0.359. The third-order valence-corrected chi connectivity index (χ3v) is 17.3. The first-order valence-corrected chi connectivity index (χ1v) is 37.4. The molecule has 2 saturated heterocycles. The van der Waals surface area contributed by atoms with E-state index in [1.807, 2.05) is 6.08 Å². The lowest BCUT2D eigenvalue weighted by Crippen LogP contribution is -2.65. The molecule has 0 bridgehead atoms. The van der Waals surface area contributed by atoms with Gasteiger partial charge < -0.3 is 65.1 Å². The van der Waals surface area contributed by atoms with Crippen molar-refractivity contribution in [2.45, 2.75) is 344 Å². The molecule has 0 spiro atoms. The molecule has 12 atom stereocenters. The predicted molar refractivity (Wildman–Crippen MR) is 387 cm³/mol. The maximum absolute atomic E-state index is 13.3. The number of carbonyl (C=O) groups is 1. The van der Waals surface area contributed by atoms with E-state index in [0.29, 0.717) is 12.8 Å². The molecule has 14 nitrogen and oxygen atoms in total. The Hall–Kier alpha value is -3.87. The lowest BCUT2D eigenvalue weighted by Gasteiger charge is -2.46. The molecule has 2 fully saturated rings. The third kappa shape index (κ3) is 45.6. The highest BCUT2D eigenvalue weighted by Gasteiger charge is 2.51. The maximum atomic E-state index is 13.3. The van der Waals surface area contributed by atoms with Crippen LogP contribution in [0.25, 0.3) is 0 Å². The molecule has 1 amide bonds. The summed E-state index contributed by atoms with van der Waals surface area (Å²) >= 11 is 0. The number of aliphatic hydroxyl groups excluding tert-OH is 8. The summed E-state index contributed by atoms with van der Waals surface area (Å²) in [5, 5.41) is 87.5. The van der Waals surface area contributed by atoms with Crippen molar-refractivity contribution in [1.29, 1.82) is 0 Å². The molecule has 0 saturated carbocycles. The number of nitrogens with one attached hydrogen (secondary N) is 1. The molecule has 9 N–H and O–H groups in total. The highest BCUT2D eigenvalue weighted by molar-refractivity contribution is 5.76. The third-order valence-electron chi connectivity index (χ3n) is 17.3. The van der Waals surface area contributed by atoms with Crippen LogP contribution in [-0.2, 0) is 23.7 Å². The zero-order valence-corrected chi connectivity index (χ0v) is 58.7. The van der Waals surface area contributed by atoms with Gasteiger partial charge in [0.1, 0.15) is 48.8 Å². The number of allylic oxidation sites excluding steroid dienone is 21. The first-order valence-electron chi connectivity index (χ1n) is 37.4. The molecule has 0 aromatic rings. The average molecular weight is 1320 g/mol. The van der Waals surface area contributed by atoms with E-state index in [-0.39, 0.29) is 18.9 Å². The summed E-state index contributed by atoms with van der Waals surface area (Å²) in [7, 11) is 0. The number of aliphatic hydroxyl groups is 8. The summed E-state index contributed by atoms with van der Waals surface area (Å²) in [4.78, 5) is 13.3. The number of ether oxygens (including phenoxy) is 4. The van der Waals surface area contributed by atoms with E-state index in [0.717, 1.165) is 116 Å². The molecule has 14 heteroatoms. The van der Waals surface area contributed by atoms with E-state index >= 15 is 0 Å². The van der Waals surface area contributed by atoms with Gasteiger partial charge in [-0.15, -0.1) is 0 Å². The van der Waals surface area contributed by atoms with Gasteiger partial charge in [0.2, 0.25) is 5.91 Å². The van der Waals surface area contributed by atoms with Gasteiger partial charge in [-0.25, -0.2) is 0 Å². The molecular formula is C80H135NO13. The predicted octanol–water partition coefficient (Wildman–Crippen LogP) is 16.2. The zero-order chi connectivity index (χ0) is 68.0. The summed E-state index contributed by atoms with van der Waals surface area (Å²) in [6.07, 6.45) is 76.5. The van der Waals surface area contributed by atoms with Crippen molar-refractivity contribution >= 4 is 5.91 Å². The topological polar surface area (TPSA) is 228 Å². The summed E-state index contributed by atoms with van der Waals surface area (Å²) < 4.78 is 22.8.